The molecule has 0 saturated heterocycles. The van der Waals surface area contributed by atoms with Crippen molar-refractivity contribution in [3.63, 3.8) is 0 Å². The summed E-state index contributed by atoms with van der Waals surface area (Å²) in [4.78, 5) is 0. The Kier molecular flexibility index (Phi) is 2.58. The molecule has 2 rings (SSSR count). The summed E-state index contributed by atoms with van der Waals surface area (Å²) in [7, 11) is 1.64. The van der Waals surface area contributed by atoms with Crippen LogP contribution in [0, 0.1) is 0 Å². The van der Waals surface area contributed by atoms with Crippen molar-refractivity contribution in [1.82, 2.24) is 10.2 Å². The van der Waals surface area contributed by atoms with Gasteiger partial charge in [-0.2, -0.15) is 5.10 Å². The largest absolute Gasteiger partial charge is 0.497 e. The summed E-state index contributed by atoms with van der Waals surface area (Å²) >= 11 is 0. The third-order valence-electron chi connectivity index (χ3n) is 2.29. The first kappa shape index (κ1) is 9.58. The van der Waals surface area contributed by atoms with Gasteiger partial charge in [0.15, 0.2) is 0 Å². The summed E-state index contributed by atoms with van der Waals surface area (Å²) in [6.45, 7) is 0. The fourth-order valence-corrected chi connectivity index (χ4v) is 1.45. The number of nitrogens with zero attached hydrogens (tertiary/aromatic N) is 1. The third kappa shape index (κ3) is 2.10. The number of nitrogens with one attached hydrogen (secondary N) is 1. The van der Waals surface area contributed by atoms with Crippen LogP contribution in [0.3, 0.4) is 0 Å². The molecule has 3 N–H and O–H groups in total. The third-order valence-corrected chi connectivity index (χ3v) is 2.29. The lowest BCUT2D eigenvalue weighted by Gasteiger charge is -2.06. The lowest BCUT2D eigenvalue weighted by Crippen LogP contribution is -1.97. The van der Waals surface area contributed by atoms with Gasteiger partial charge >= 0.3 is 0 Å². The summed E-state index contributed by atoms with van der Waals surface area (Å²) in [5, 5.41) is 6.80. The predicted octanol–water partition coefficient (Wildman–Crippen LogP) is 1.59. The first-order valence-corrected chi connectivity index (χ1v) is 4.70. The average Bonchev–Trinajstić information content (AvgIpc) is 2.74. The van der Waals surface area contributed by atoms with Crippen LogP contribution in [-0.4, -0.2) is 17.3 Å². The van der Waals surface area contributed by atoms with E-state index in [9.17, 15) is 0 Å². The normalized spacial score (nSPS) is 10.2. The molecule has 0 saturated carbocycles. The number of aromatic nitrogens is 2. The predicted molar refractivity (Wildman–Crippen MR) is 58.8 cm³/mol. The molecule has 0 fully saturated rings. The molecule has 1 aromatic heterocycles. The standard InChI is InChI=1S/C11H13N3O/c1-15-10-2-3-11(12)8(7-10)6-9-4-5-13-14-9/h2-5,7H,6,12H2,1H3,(H,13,14). The van der Waals surface area contributed by atoms with Crippen LogP contribution in [0.2, 0.25) is 0 Å². The van der Waals surface area contributed by atoms with E-state index in [0.717, 1.165) is 29.1 Å². The van der Waals surface area contributed by atoms with Gasteiger partial charge in [0.25, 0.3) is 0 Å². The van der Waals surface area contributed by atoms with Crippen molar-refractivity contribution in [3.05, 3.63) is 41.7 Å². The van der Waals surface area contributed by atoms with Crippen LogP contribution in [0.15, 0.2) is 30.5 Å². The first-order chi connectivity index (χ1) is 7.29. The Hall–Kier alpha value is -1.97. The molecule has 0 aliphatic heterocycles. The minimum atomic E-state index is 0.739. The minimum absolute atomic E-state index is 0.739. The second-order valence-electron chi connectivity index (χ2n) is 3.32. The number of nitrogen functional groups attached to an aromatic ring is 1. The molecule has 78 valence electrons. The number of aromatic amines is 1. The molecule has 0 atom stereocenters. The maximum absolute atomic E-state index is 5.87. The van der Waals surface area contributed by atoms with Crippen molar-refractivity contribution < 1.29 is 4.74 Å². The molecule has 15 heavy (non-hydrogen) atoms. The number of nitrogens with two attached hydrogens (primary N) is 1. The van der Waals surface area contributed by atoms with Crippen molar-refractivity contribution in [1.29, 1.82) is 0 Å². The average molecular weight is 203 g/mol. The summed E-state index contributed by atoms with van der Waals surface area (Å²) in [5.74, 6) is 0.818. The van der Waals surface area contributed by atoms with Crippen LogP contribution in [0.4, 0.5) is 5.69 Å². The Morgan fingerprint density at radius 3 is 2.93 bits per heavy atom. The number of benzene rings is 1. The van der Waals surface area contributed by atoms with E-state index < -0.39 is 0 Å². The summed E-state index contributed by atoms with van der Waals surface area (Å²) in [6, 6.07) is 7.57. The lowest BCUT2D eigenvalue weighted by molar-refractivity contribution is 0.414. The molecule has 0 aliphatic rings. The van der Waals surface area contributed by atoms with Gasteiger partial charge in [0, 0.05) is 24.0 Å². The fourth-order valence-electron chi connectivity index (χ4n) is 1.45. The molecule has 0 radical (unpaired) electrons. The zero-order valence-electron chi connectivity index (χ0n) is 8.53. The Morgan fingerprint density at radius 2 is 2.27 bits per heavy atom. The van der Waals surface area contributed by atoms with Crippen LogP contribution in [0.5, 0.6) is 5.75 Å². The van der Waals surface area contributed by atoms with E-state index >= 15 is 0 Å². The molecule has 0 spiro atoms. The van der Waals surface area contributed by atoms with Gasteiger partial charge in [0.1, 0.15) is 5.75 Å². The zero-order valence-corrected chi connectivity index (χ0v) is 8.53. The molecule has 0 aliphatic carbocycles. The van der Waals surface area contributed by atoms with Crippen LogP contribution in [-0.2, 0) is 6.42 Å². The van der Waals surface area contributed by atoms with Gasteiger partial charge in [-0.05, 0) is 29.8 Å². The maximum atomic E-state index is 5.87. The van der Waals surface area contributed by atoms with E-state index in [1.165, 1.54) is 0 Å². The number of hydrogen-bond acceptors (Lipinski definition) is 3. The number of H-pyrrole nitrogens is 1. The molecule has 4 nitrogen and oxygen atoms in total. The number of rotatable bonds is 3. The first-order valence-electron chi connectivity index (χ1n) is 4.70. The Balaban J connectivity index is 2.27. The number of methoxy groups -OCH3 is 1. The monoisotopic (exact) mass is 203 g/mol. The highest BCUT2D eigenvalue weighted by atomic mass is 16.5. The molecule has 0 bridgehead atoms. The number of anilines is 1. The second kappa shape index (κ2) is 4.04. The molecule has 0 amide bonds. The highest BCUT2D eigenvalue weighted by Gasteiger charge is 2.03. The van der Waals surface area contributed by atoms with Crippen molar-refractivity contribution in [2.45, 2.75) is 6.42 Å². The lowest BCUT2D eigenvalue weighted by atomic mass is 10.1. The van der Waals surface area contributed by atoms with E-state index in [1.807, 2.05) is 24.3 Å². The summed E-state index contributed by atoms with van der Waals surface area (Å²) < 4.78 is 5.15. The van der Waals surface area contributed by atoms with Crippen LogP contribution in [0.25, 0.3) is 0 Å². The highest BCUT2D eigenvalue weighted by molar-refractivity contribution is 5.51. The Bertz CT molecular complexity index is 437. The second-order valence-corrected chi connectivity index (χ2v) is 3.32. The smallest absolute Gasteiger partial charge is 0.119 e. The van der Waals surface area contributed by atoms with Gasteiger partial charge in [-0.25, -0.2) is 0 Å². The summed E-state index contributed by atoms with van der Waals surface area (Å²) in [6.07, 6.45) is 2.47. The topological polar surface area (TPSA) is 63.9 Å². The van der Waals surface area contributed by atoms with Gasteiger partial charge in [-0.3, -0.25) is 5.10 Å². The molecule has 4 heteroatoms. The molecule has 0 unspecified atom stereocenters. The number of ether oxygens (including phenoxy) is 1. The quantitative estimate of drug-likeness (QED) is 0.744. The van der Waals surface area contributed by atoms with E-state index in [-0.39, 0.29) is 0 Å². The molecule has 2 aromatic rings. The Labute approximate surface area is 88.1 Å². The maximum Gasteiger partial charge on any atom is 0.119 e. The van der Waals surface area contributed by atoms with Crippen molar-refractivity contribution in [2.24, 2.45) is 0 Å². The summed E-state index contributed by atoms with van der Waals surface area (Å²) in [5.41, 5.74) is 8.72. The van der Waals surface area contributed by atoms with Crippen molar-refractivity contribution in [3.8, 4) is 5.75 Å². The highest BCUT2D eigenvalue weighted by Crippen LogP contribution is 2.21. The van der Waals surface area contributed by atoms with Crippen LogP contribution in [0.1, 0.15) is 11.3 Å². The van der Waals surface area contributed by atoms with Crippen molar-refractivity contribution in [2.75, 3.05) is 12.8 Å². The van der Waals surface area contributed by atoms with E-state index in [2.05, 4.69) is 10.2 Å². The minimum Gasteiger partial charge on any atom is -0.497 e. The SMILES string of the molecule is COc1ccc(N)c(Cc2ccn[nH]2)c1. The Morgan fingerprint density at radius 1 is 1.40 bits per heavy atom. The fraction of sp³-hybridized carbons (Fsp3) is 0.182. The van der Waals surface area contributed by atoms with E-state index in [1.54, 1.807) is 13.3 Å². The molecular formula is C11H13N3O. The van der Waals surface area contributed by atoms with Crippen LogP contribution >= 0.6 is 0 Å². The number of hydrogen-bond donors (Lipinski definition) is 2. The van der Waals surface area contributed by atoms with E-state index in [0.29, 0.717) is 0 Å². The van der Waals surface area contributed by atoms with E-state index in [4.69, 9.17) is 10.5 Å². The van der Waals surface area contributed by atoms with Crippen LogP contribution < -0.4 is 10.5 Å². The van der Waals surface area contributed by atoms with Crippen molar-refractivity contribution >= 4 is 5.69 Å². The molecular weight excluding hydrogens is 190 g/mol. The zero-order chi connectivity index (χ0) is 10.7. The van der Waals surface area contributed by atoms with Gasteiger partial charge < -0.3 is 10.5 Å². The van der Waals surface area contributed by atoms with Gasteiger partial charge in [0.2, 0.25) is 0 Å². The van der Waals surface area contributed by atoms with Gasteiger partial charge in [-0.1, -0.05) is 0 Å². The van der Waals surface area contributed by atoms with Gasteiger partial charge in [0.05, 0.1) is 7.11 Å². The van der Waals surface area contributed by atoms with Gasteiger partial charge in [-0.15, -0.1) is 0 Å². The molecule has 1 heterocycles. The molecule has 1 aromatic carbocycles.